The van der Waals surface area contributed by atoms with Crippen LogP contribution < -0.4 is 10.5 Å². The van der Waals surface area contributed by atoms with E-state index in [4.69, 9.17) is 10.5 Å². The fourth-order valence-corrected chi connectivity index (χ4v) is 2.91. The molecule has 4 heteroatoms. The van der Waals surface area contributed by atoms with Crippen molar-refractivity contribution in [3.63, 3.8) is 0 Å². The van der Waals surface area contributed by atoms with Crippen LogP contribution in [0.5, 0.6) is 5.75 Å². The molecule has 0 spiro atoms. The summed E-state index contributed by atoms with van der Waals surface area (Å²) in [6, 6.07) is 8.28. The number of aliphatic hydroxyl groups is 1. The molecule has 3 N–H and O–H groups in total. The van der Waals surface area contributed by atoms with Crippen molar-refractivity contribution in [1.82, 2.24) is 4.90 Å². The molecule has 4 nitrogen and oxygen atoms in total. The van der Waals surface area contributed by atoms with E-state index in [9.17, 15) is 5.11 Å². The Hall–Kier alpha value is -1.10. The third-order valence-corrected chi connectivity index (χ3v) is 4.27. The highest BCUT2D eigenvalue weighted by Gasteiger charge is 2.24. The normalized spacial score (nSPS) is 24.8. The molecule has 1 fully saturated rings. The van der Waals surface area contributed by atoms with Gasteiger partial charge in [0.15, 0.2) is 0 Å². The quantitative estimate of drug-likeness (QED) is 0.842. The maximum absolute atomic E-state index is 10.2. The summed E-state index contributed by atoms with van der Waals surface area (Å²) in [4.78, 5) is 2.37. The number of benzene rings is 1. The van der Waals surface area contributed by atoms with Gasteiger partial charge < -0.3 is 15.6 Å². The maximum Gasteiger partial charge on any atom is 0.119 e. The minimum absolute atomic E-state index is 0.325. The number of nitrogens with two attached hydrogens (primary N) is 1. The van der Waals surface area contributed by atoms with Crippen molar-refractivity contribution in [1.29, 1.82) is 0 Å². The van der Waals surface area contributed by atoms with Crippen LogP contribution in [0.3, 0.4) is 0 Å². The third-order valence-electron chi connectivity index (χ3n) is 4.27. The average molecular weight is 292 g/mol. The number of piperidine rings is 1. The highest BCUT2D eigenvalue weighted by atomic mass is 16.5. The van der Waals surface area contributed by atoms with Crippen molar-refractivity contribution < 1.29 is 9.84 Å². The summed E-state index contributed by atoms with van der Waals surface area (Å²) in [5.41, 5.74) is 6.66. The lowest BCUT2D eigenvalue weighted by Crippen LogP contribution is -2.46. The standard InChI is InChI=1S/C17H28N2O2/c1-13-6-7-14(2)19(10-13)11-16(20)12-21-17-5-3-4-15(8-17)9-18/h3-5,8,13-14,16,20H,6-7,9-12,18H2,1-2H3. The molecule has 3 unspecified atom stereocenters. The Bertz CT molecular complexity index is 439. The summed E-state index contributed by atoms with van der Waals surface area (Å²) < 4.78 is 5.68. The topological polar surface area (TPSA) is 58.7 Å². The highest BCUT2D eigenvalue weighted by Crippen LogP contribution is 2.21. The van der Waals surface area contributed by atoms with E-state index in [0.717, 1.165) is 23.8 Å². The Kier molecular flexibility index (Phi) is 6.03. The Balaban J connectivity index is 1.79. The van der Waals surface area contributed by atoms with Gasteiger partial charge in [-0.15, -0.1) is 0 Å². The number of likely N-dealkylation sites (tertiary alicyclic amines) is 1. The van der Waals surface area contributed by atoms with E-state index in [1.165, 1.54) is 12.8 Å². The maximum atomic E-state index is 10.2. The van der Waals surface area contributed by atoms with Crippen LogP contribution in [0, 0.1) is 5.92 Å². The lowest BCUT2D eigenvalue weighted by atomic mass is 9.95. The molecule has 0 saturated carbocycles. The number of hydrogen-bond donors (Lipinski definition) is 2. The van der Waals surface area contributed by atoms with Crippen LogP contribution in [0.1, 0.15) is 32.3 Å². The minimum atomic E-state index is -0.459. The second kappa shape index (κ2) is 7.78. The number of rotatable bonds is 6. The summed E-state index contributed by atoms with van der Waals surface area (Å²) in [5.74, 6) is 1.49. The first-order chi connectivity index (χ1) is 10.1. The molecule has 1 saturated heterocycles. The van der Waals surface area contributed by atoms with Crippen molar-refractivity contribution >= 4 is 0 Å². The molecule has 0 bridgehead atoms. The molecule has 2 rings (SSSR count). The average Bonchev–Trinajstić information content (AvgIpc) is 2.49. The molecule has 1 aliphatic rings. The molecule has 1 aliphatic heterocycles. The van der Waals surface area contributed by atoms with Gasteiger partial charge >= 0.3 is 0 Å². The van der Waals surface area contributed by atoms with Crippen LogP contribution >= 0.6 is 0 Å². The van der Waals surface area contributed by atoms with Crippen LogP contribution in [-0.2, 0) is 6.54 Å². The number of β-amino-alcohol motifs (C(OH)–C–C–N with tert-alkyl or cyclic N) is 1. The Morgan fingerprint density at radius 1 is 1.38 bits per heavy atom. The van der Waals surface area contributed by atoms with Crippen LogP contribution in [0.15, 0.2) is 24.3 Å². The van der Waals surface area contributed by atoms with Crippen molar-refractivity contribution in [3.8, 4) is 5.75 Å². The second-order valence-corrected chi connectivity index (χ2v) is 6.30. The number of ether oxygens (including phenoxy) is 1. The minimum Gasteiger partial charge on any atom is -0.491 e. The van der Waals surface area contributed by atoms with Gasteiger partial charge in [0.05, 0.1) is 0 Å². The van der Waals surface area contributed by atoms with E-state index in [1.807, 2.05) is 24.3 Å². The van der Waals surface area contributed by atoms with E-state index < -0.39 is 6.10 Å². The van der Waals surface area contributed by atoms with E-state index in [0.29, 0.717) is 25.7 Å². The fourth-order valence-electron chi connectivity index (χ4n) is 2.91. The third kappa shape index (κ3) is 4.99. The fraction of sp³-hybridized carbons (Fsp3) is 0.647. The van der Waals surface area contributed by atoms with Gasteiger partial charge in [-0.1, -0.05) is 19.1 Å². The van der Waals surface area contributed by atoms with Gasteiger partial charge in [0.2, 0.25) is 0 Å². The van der Waals surface area contributed by atoms with Gasteiger partial charge in [0.1, 0.15) is 18.5 Å². The predicted molar refractivity (Wildman–Crippen MR) is 85.3 cm³/mol. The highest BCUT2D eigenvalue weighted by molar-refractivity contribution is 5.28. The zero-order valence-corrected chi connectivity index (χ0v) is 13.2. The van der Waals surface area contributed by atoms with Crippen molar-refractivity contribution in [2.45, 2.75) is 45.4 Å². The first-order valence-electron chi connectivity index (χ1n) is 7.92. The molecule has 1 heterocycles. The van der Waals surface area contributed by atoms with Gasteiger partial charge in [-0.05, 0) is 43.4 Å². The summed E-state index contributed by atoms with van der Waals surface area (Å²) in [6.07, 6.45) is 2.04. The Morgan fingerprint density at radius 3 is 2.95 bits per heavy atom. The Labute approximate surface area is 127 Å². The van der Waals surface area contributed by atoms with Gasteiger partial charge in [-0.25, -0.2) is 0 Å². The van der Waals surface area contributed by atoms with Gasteiger partial charge in [0, 0.05) is 25.7 Å². The number of nitrogens with zero attached hydrogens (tertiary/aromatic N) is 1. The van der Waals surface area contributed by atoms with E-state index in [2.05, 4.69) is 18.7 Å². The van der Waals surface area contributed by atoms with Crippen LogP contribution in [0.2, 0.25) is 0 Å². The molecule has 3 atom stereocenters. The van der Waals surface area contributed by atoms with Crippen molar-refractivity contribution in [2.24, 2.45) is 11.7 Å². The monoisotopic (exact) mass is 292 g/mol. The Morgan fingerprint density at radius 2 is 2.19 bits per heavy atom. The van der Waals surface area contributed by atoms with Crippen molar-refractivity contribution in [3.05, 3.63) is 29.8 Å². The summed E-state index contributed by atoms with van der Waals surface area (Å²) in [6.45, 7) is 7.10. The van der Waals surface area contributed by atoms with Crippen LogP contribution in [0.4, 0.5) is 0 Å². The number of hydrogen-bond acceptors (Lipinski definition) is 4. The largest absolute Gasteiger partial charge is 0.491 e. The lowest BCUT2D eigenvalue weighted by Gasteiger charge is -2.37. The molecule has 0 aliphatic carbocycles. The molecular formula is C17H28N2O2. The van der Waals surface area contributed by atoms with Gasteiger partial charge in [0.25, 0.3) is 0 Å². The smallest absolute Gasteiger partial charge is 0.119 e. The van der Waals surface area contributed by atoms with E-state index in [1.54, 1.807) is 0 Å². The van der Waals surface area contributed by atoms with Gasteiger partial charge in [-0.2, -0.15) is 0 Å². The van der Waals surface area contributed by atoms with Crippen LogP contribution in [-0.4, -0.2) is 41.8 Å². The predicted octanol–water partition coefficient (Wildman–Crippen LogP) is 2.01. The molecule has 0 radical (unpaired) electrons. The second-order valence-electron chi connectivity index (χ2n) is 6.30. The first-order valence-corrected chi connectivity index (χ1v) is 7.92. The summed E-state index contributed by atoms with van der Waals surface area (Å²) in [5, 5.41) is 10.2. The molecular weight excluding hydrogens is 264 g/mol. The molecule has 21 heavy (non-hydrogen) atoms. The summed E-state index contributed by atoms with van der Waals surface area (Å²) in [7, 11) is 0. The lowest BCUT2D eigenvalue weighted by molar-refractivity contribution is 0.0329. The SMILES string of the molecule is CC1CCC(C)N(CC(O)COc2cccc(CN)c2)C1. The number of aliphatic hydroxyl groups excluding tert-OH is 1. The molecule has 1 aromatic carbocycles. The molecule has 0 aromatic heterocycles. The zero-order chi connectivity index (χ0) is 15.2. The van der Waals surface area contributed by atoms with Crippen LogP contribution in [0.25, 0.3) is 0 Å². The van der Waals surface area contributed by atoms with E-state index in [-0.39, 0.29) is 0 Å². The molecule has 0 amide bonds. The first kappa shape index (κ1) is 16.3. The molecule has 118 valence electrons. The summed E-state index contributed by atoms with van der Waals surface area (Å²) >= 11 is 0. The van der Waals surface area contributed by atoms with Crippen molar-refractivity contribution in [2.75, 3.05) is 19.7 Å². The molecule has 1 aromatic rings. The zero-order valence-electron chi connectivity index (χ0n) is 13.2. The van der Waals surface area contributed by atoms with Gasteiger partial charge in [-0.3, -0.25) is 4.90 Å². The van der Waals surface area contributed by atoms with E-state index >= 15 is 0 Å².